The number of aromatic carboxylic acids is 2. The third-order valence-corrected chi connectivity index (χ3v) is 3.24. The molecule has 3 aromatic rings. The van der Waals surface area contributed by atoms with Gasteiger partial charge in [-0.3, -0.25) is 0 Å². The molecule has 122 valence electrons. The highest BCUT2D eigenvalue weighted by Crippen LogP contribution is 2.19. The molecule has 0 aromatic heterocycles. The molecule has 6 nitrogen and oxygen atoms in total. The summed E-state index contributed by atoms with van der Waals surface area (Å²) in [7, 11) is 0. The van der Waals surface area contributed by atoms with Crippen LogP contribution in [0.3, 0.4) is 0 Å². The second kappa shape index (κ2) is 7.15. The quantitative estimate of drug-likeness (QED) is 0.536. The zero-order valence-corrected chi connectivity index (χ0v) is 12.6. The number of nitrogen functional groups attached to an aromatic ring is 2. The van der Waals surface area contributed by atoms with Gasteiger partial charge in [0.1, 0.15) is 0 Å². The van der Waals surface area contributed by atoms with E-state index in [0.29, 0.717) is 0 Å². The molecule has 6 heteroatoms. The van der Waals surface area contributed by atoms with Gasteiger partial charge in [-0.25, -0.2) is 9.59 Å². The number of rotatable bonds is 2. The van der Waals surface area contributed by atoms with Crippen LogP contribution in [0.15, 0.2) is 60.7 Å². The highest BCUT2D eigenvalue weighted by molar-refractivity contribution is 5.93. The van der Waals surface area contributed by atoms with E-state index < -0.39 is 11.9 Å². The summed E-state index contributed by atoms with van der Waals surface area (Å²) in [5.74, 6) is -2.25. The van der Waals surface area contributed by atoms with Crippen molar-refractivity contribution in [2.24, 2.45) is 0 Å². The van der Waals surface area contributed by atoms with Crippen LogP contribution < -0.4 is 11.5 Å². The van der Waals surface area contributed by atoms with Gasteiger partial charge < -0.3 is 21.7 Å². The molecule has 3 rings (SSSR count). The number of nitrogens with two attached hydrogens (primary N) is 2. The molecule has 24 heavy (non-hydrogen) atoms. The van der Waals surface area contributed by atoms with Crippen LogP contribution in [0.2, 0.25) is 0 Å². The topological polar surface area (TPSA) is 127 Å². The van der Waals surface area contributed by atoms with Gasteiger partial charge in [0.05, 0.1) is 11.1 Å². The van der Waals surface area contributed by atoms with Crippen molar-refractivity contribution in [3.05, 3.63) is 71.8 Å². The molecule has 0 saturated carbocycles. The van der Waals surface area contributed by atoms with Gasteiger partial charge in [0, 0.05) is 11.4 Å². The van der Waals surface area contributed by atoms with E-state index in [1.54, 1.807) is 0 Å². The second-order valence-corrected chi connectivity index (χ2v) is 5.06. The minimum absolute atomic E-state index is 0.0186. The van der Waals surface area contributed by atoms with Crippen LogP contribution in [0.4, 0.5) is 11.4 Å². The smallest absolute Gasteiger partial charge is 0.335 e. The Hall–Kier alpha value is -3.54. The largest absolute Gasteiger partial charge is 0.478 e. The zero-order chi connectivity index (χ0) is 17.7. The summed E-state index contributed by atoms with van der Waals surface area (Å²) >= 11 is 0. The molecular weight excluding hydrogens is 308 g/mol. The van der Waals surface area contributed by atoms with Crippen LogP contribution >= 0.6 is 0 Å². The fourth-order valence-electron chi connectivity index (χ4n) is 2.07. The molecule has 0 atom stereocenters. The van der Waals surface area contributed by atoms with E-state index >= 15 is 0 Å². The lowest BCUT2D eigenvalue weighted by Crippen LogP contribution is -2.01. The molecule has 0 fully saturated rings. The van der Waals surface area contributed by atoms with Crippen LogP contribution in [-0.2, 0) is 0 Å². The number of hydrogen-bond donors (Lipinski definition) is 4. The standard InChI is InChI=1S/C10H10N2.C8H6O4/c11-9-3-1-7-5-10(12)4-2-8(7)6-9;9-7(10)5-2-1-3-6(4-5)8(11)12/h1-6H,11-12H2;1-4H,(H,9,10)(H,11,12). The predicted molar refractivity (Wildman–Crippen MR) is 93.1 cm³/mol. The molecule has 6 N–H and O–H groups in total. The number of fused-ring (bicyclic) bond motifs is 1. The molecule has 0 bridgehead atoms. The van der Waals surface area contributed by atoms with Gasteiger partial charge in [-0.05, 0) is 53.2 Å². The summed E-state index contributed by atoms with van der Waals surface area (Å²) in [6, 6.07) is 16.8. The molecule has 0 radical (unpaired) electrons. The third kappa shape index (κ3) is 4.23. The minimum Gasteiger partial charge on any atom is -0.478 e. The molecule has 0 aliphatic rings. The molecule has 0 aliphatic carbocycles. The van der Waals surface area contributed by atoms with Crippen LogP contribution in [0.1, 0.15) is 20.7 Å². The first-order chi connectivity index (χ1) is 11.4. The number of benzene rings is 3. The Morgan fingerprint density at radius 1 is 0.667 bits per heavy atom. The monoisotopic (exact) mass is 324 g/mol. The molecule has 0 aliphatic heterocycles. The molecule has 0 saturated heterocycles. The van der Waals surface area contributed by atoms with Crippen LogP contribution in [0.5, 0.6) is 0 Å². The minimum atomic E-state index is -1.13. The summed E-state index contributed by atoms with van der Waals surface area (Å²) in [5.41, 5.74) is 12.8. The first kappa shape index (κ1) is 16.8. The van der Waals surface area contributed by atoms with Crippen molar-refractivity contribution in [2.45, 2.75) is 0 Å². The normalized spacial score (nSPS) is 9.83. The van der Waals surface area contributed by atoms with Gasteiger partial charge in [0.2, 0.25) is 0 Å². The fourth-order valence-corrected chi connectivity index (χ4v) is 2.07. The third-order valence-electron chi connectivity index (χ3n) is 3.24. The van der Waals surface area contributed by atoms with Gasteiger partial charge in [0.25, 0.3) is 0 Å². The van der Waals surface area contributed by atoms with Gasteiger partial charge in [-0.2, -0.15) is 0 Å². The lowest BCUT2D eigenvalue weighted by Gasteiger charge is -1.99. The maximum absolute atomic E-state index is 10.4. The van der Waals surface area contributed by atoms with Gasteiger partial charge in [0.15, 0.2) is 0 Å². The van der Waals surface area contributed by atoms with E-state index in [0.717, 1.165) is 28.2 Å². The summed E-state index contributed by atoms with van der Waals surface area (Å²) < 4.78 is 0. The van der Waals surface area contributed by atoms with Crippen molar-refractivity contribution < 1.29 is 19.8 Å². The predicted octanol–water partition coefficient (Wildman–Crippen LogP) is 3.09. The number of hydrogen-bond acceptors (Lipinski definition) is 4. The van der Waals surface area contributed by atoms with Gasteiger partial charge >= 0.3 is 11.9 Å². The van der Waals surface area contributed by atoms with Crippen LogP contribution in [-0.4, -0.2) is 22.2 Å². The Kier molecular flexibility index (Phi) is 5.01. The summed E-state index contributed by atoms with van der Waals surface area (Å²) in [5, 5.41) is 19.3. The highest BCUT2D eigenvalue weighted by Gasteiger charge is 2.06. The number of carbonyl (C=O) groups is 2. The molecule has 0 unspecified atom stereocenters. The van der Waals surface area contributed by atoms with Gasteiger partial charge in [-0.15, -0.1) is 0 Å². The van der Waals surface area contributed by atoms with Crippen LogP contribution in [0.25, 0.3) is 10.8 Å². The Labute approximate surface area is 137 Å². The average molecular weight is 324 g/mol. The zero-order valence-electron chi connectivity index (χ0n) is 12.6. The van der Waals surface area contributed by atoms with E-state index in [1.807, 2.05) is 36.4 Å². The number of carboxylic acids is 2. The average Bonchev–Trinajstić information content (AvgIpc) is 2.56. The lowest BCUT2D eigenvalue weighted by molar-refractivity contribution is 0.0696. The van der Waals surface area contributed by atoms with Crippen molar-refractivity contribution in [3.63, 3.8) is 0 Å². The van der Waals surface area contributed by atoms with E-state index in [9.17, 15) is 9.59 Å². The fraction of sp³-hybridized carbons (Fsp3) is 0. The number of anilines is 2. The first-order valence-electron chi connectivity index (χ1n) is 6.98. The molecular formula is C18H16N2O4. The van der Waals surface area contributed by atoms with Crippen molar-refractivity contribution in [2.75, 3.05) is 11.5 Å². The Morgan fingerprint density at radius 2 is 1.08 bits per heavy atom. The lowest BCUT2D eigenvalue weighted by atomic mass is 10.1. The van der Waals surface area contributed by atoms with E-state index in [-0.39, 0.29) is 11.1 Å². The summed E-state index contributed by atoms with van der Waals surface area (Å²) in [6.07, 6.45) is 0. The molecule has 0 spiro atoms. The Bertz CT molecular complexity index is 836. The SMILES string of the molecule is Nc1ccc2cc(N)ccc2c1.O=C(O)c1cccc(C(=O)O)c1. The second-order valence-electron chi connectivity index (χ2n) is 5.06. The van der Waals surface area contributed by atoms with E-state index in [2.05, 4.69) is 0 Å². The van der Waals surface area contributed by atoms with Crippen molar-refractivity contribution in [3.8, 4) is 0 Å². The van der Waals surface area contributed by atoms with Crippen molar-refractivity contribution in [1.82, 2.24) is 0 Å². The van der Waals surface area contributed by atoms with E-state index in [1.165, 1.54) is 18.2 Å². The first-order valence-corrected chi connectivity index (χ1v) is 6.98. The maximum Gasteiger partial charge on any atom is 0.335 e. The summed E-state index contributed by atoms with van der Waals surface area (Å²) in [4.78, 5) is 20.8. The van der Waals surface area contributed by atoms with Crippen LogP contribution in [0, 0.1) is 0 Å². The maximum atomic E-state index is 10.4. The molecule has 3 aromatic carbocycles. The Morgan fingerprint density at radius 3 is 1.46 bits per heavy atom. The van der Waals surface area contributed by atoms with Crippen molar-refractivity contribution >= 4 is 34.1 Å². The highest BCUT2D eigenvalue weighted by atomic mass is 16.4. The summed E-state index contributed by atoms with van der Waals surface area (Å²) in [6.45, 7) is 0. The Balaban J connectivity index is 0.000000174. The number of carboxylic acid groups (broad SMARTS) is 2. The molecule has 0 amide bonds. The molecule has 0 heterocycles. The van der Waals surface area contributed by atoms with E-state index in [4.69, 9.17) is 21.7 Å². The van der Waals surface area contributed by atoms with Crippen molar-refractivity contribution in [1.29, 1.82) is 0 Å². The van der Waals surface area contributed by atoms with Gasteiger partial charge in [-0.1, -0.05) is 18.2 Å².